The number of methoxy groups -OCH3 is 1. The highest BCUT2D eigenvalue weighted by Gasteiger charge is 2.34. The molecule has 1 saturated heterocycles. The molecule has 0 amide bonds. The van der Waals surface area contributed by atoms with Crippen molar-refractivity contribution >= 4 is 6.29 Å². The SMILES string of the molecule is COCCN(CC(C)C)CC1(C=O)CCOCC1. The van der Waals surface area contributed by atoms with E-state index in [4.69, 9.17) is 9.47 Å². The monoisotopic (exact) mass is 257 g/mol. The summed E-state index contributed by atoms with van der Waals surface area (Å²) in [6.45, 7) is 9.29. The van der Waals surface area contributed by atoms with Gasteiger partial charge in [-0.2, -0.15) is 0 Å². The lowest BCUT2D eigenvalue weighted by Gasteiger charge is -2.37. The highest BCUT2D eigenvalue weighted by molar-refractivity contribution is 5.60. The second kappa shape index (κ2) is 7.87. The molecule has 18 heavy (non-hydrogen) atoms. The summed E-state index contributed by atoms with van der Waals surface area (Å²) in [5, 5.41) is 0. The van der Waals surface area contributed by atoms with E-state index in [1.54, 1.807) is 7.11 Å². The van der Waals surface area contributed by atoms with Gasteiger partial charge in [-0.25, -0.2) is 0 Å². The maximum absolute atomic E-state index is 11.5. The van der Waals surface area contributed by atoms with Crippen LogP contribution >= 0.6 is 0 Å². The lowest BCUT2D eigenvalue weighted by atomic mass is 9.81. The summed E-state index contributed by atoms with van der Waals surface area (Å²) in [4.78, 5) is 13.8. The molecule has 0 saturated carbocycles. The van der Waals surface area contributed by atoms with Crippen molar-refractivity contribution in [3.63, 3.8) is 0 Å². The van der Waals surface area contributed by atoms with E-state index in [1.165, 1.54) is 0 Å². The van der Waals surface area contributed by atoms with Crippen molar-refractivity contribution in [3.05, 3.63) is 0 Å². The molecular weight excluding hydrogens is 230 g/mol. The highest BCUT2D eigenvalue weighted by Crippen LogP contribution is 2.29. The molecule has 0 aromatic heterocycles. The van der Waals surface area contributed by atoms with Crippen molar-refractivity contribution in [1.29, 1.82) is 0 Å². The Kier molecular flexibility index (Phi) is 6.82. The Bertz CT molecular complexity index is 237. The van der Waals surface area contributed by atoms with Crippen LogP contribution in [0.15, 0.2) is 0 Å². The summed E-state index contributed by atoms with van der Waals surface area (Å²) in [5.41, 5.74) is -0.207. The minimum atomic E-state index is -0.207. The summed E-state index contributed by atoms with van der Waals surface area (Å²) in [6.07, 6.45) is 2.84. The zero-order valence-corrected chi connectivity index (χ0v) is 12.0. The Morgan fingerprint density at radius 3 is 2.56 bits per heavy atom. The van der Waals surface area contributed by atoms with Crippen LogP contribution in [0, 0.1) is 11.3 Å². The number of aldehydes is 1. The lowest BCUT2D eigenvalue weighted by Crippen LogP contribution is -2.44. The summed E-state index contributed by atoms with van der Waals surface area (Å²) >= 11 is 0. The van der Waals surface area contributed by atoms with Crippen molar-refractivity contribution < 1.29 is 14.3 Å². The van der Waals surface area contributed by atoms with E-state index in [2.05, 4.69) is 18.7 Å². The summed E-state index contributed by atoms with van der Waals surface area (Å²) in [7, 11) is 1.72. The molecular formula is C14H27NO3. The van der Waals surface area contributed by atoms with Gasteiger partial charge in [-0.05, 0) is 18.8 Å². The zero-order valence-electron chi connectivity index (χ0n) is 12.0. The van der Waals surface area contributed by atoms with Gasteiger partial charge < -0.3 is 14.3 Å². The van der Waals surface area contributed by atoms with Gasteiger partial charge in [0.15, 0.2) is 0 Å². The molecule has 1 heterocycles. The van der Waals surface area contributed by atoms with Crippen LogP contribution in [-0.2, 0) is 14.3 Å². The number of ether oxygens (including phenoxy) is 2. The third-order valence-electron chi connectivity index (χ3n) is 3.51. The van der Waals surface area contributed by atoms with E-state index in [0.29, 0.717) is 19.1 Å². The maximum atomic E-state index is 11.5. The molecule has 1 aliphatic heterocycles. The maximum Gasteiger partial charge on any atom is 0.127 e. The van der Waals surface area contributed by atoms with Gasteiger partial charge in [0, 0.05) is 45.4 Å². The number of rotatable bonds is 8. The van der Waals surface area contributed by atoms with Gasteiger partial charge in [-0.3, -0.25) is 4.90 Å². The van der Waals surface area contributed by atoms with Gasteiger partial charge in [0.2, 0.25) is 0 Å². The molecule has 4 heteroatoms. The molecule has 0 radical (unpaired) electrons. The molecule has 1 rings (SSSR count). The molecule has 0 N–H and O–H groups in total. The van der Waals surface area contributed by atoms with Gasteiger partial charge in [0.1, 0.15) is 6.29 Å². The van der Waals surface area contributed by atoms with Crippen molar-refractivity contribution in [1.82, 2.24) is 4.90 Å². The van der Waals surface area contributed by atoms with Gasteiger partial charge in [-0.15, -0.1) is 0 Å². The van der Waals surface area contributed by atoms with E-state index in [1.807, 2.05) is 0 Å². The number of nitrogens with zero attached hydrogens (tertiary/aromatic N) is 1. The van der Waals surface area contributed by atoms with E-state index in [9.17, 15) is 4.79 Å². The molecule has 4 nitrogen and oxygen atoms in total. The third-order valence-corrected chi connectivity index (χ3v) is 3.51. The van der Waals surface area contributed by atoms with E-state index < -0.39 is 0 Å². The molecule has 0 unspecified atom stereocenters. The standard InChI is InChI=1S/C14H27NO3/c1-13(2)10-15(6-9-17-3)11-14(12-16)4-7-18-8-5-14/h12-13H,4-11H2,1-3H3. The van der Waals surface area contributed by atoms with Gasteiger partial charge in [0.25, 0.3) is 0 Å². The first kappa shape index (κ1) is 15.6. The summed E-state index contributed by atoms with van der Waals surface area (Å²) in [6, 6.07) is 0. The molecule has 106 valence electrons. The van der Waals surface area contributed by atoms with Gasteiger partial charge in [-0.1, -0.05) is 13.8 Å². The van der Waals surface area contributed by atoms with Crippen LogP contribution in [0.3, 0.4) is 0 Å². The first-order chi connectivity index (χ1) is 8.62. The summed E-state index contributed by atoms with van der Waals surface area (Å²) in [5.74, 6) is 0.602. The molecule has 0 spiro atoms. The molecule has 0 aliphatic carbocycles. The largest absolute Gasteiger partial charge is 0.383 e. The van der Waals surface area contributed by atoms with E-state index in [-0.39, 0.29) is 5.41 Å². The van der Waals surface area contributed by atoms with Crippen LogP contribution in [0.1, 0.15) is 26.7 Å². The minimum absolute atomic E-state index is 0.207. The van der Waals surface area contributed by atoms with Crippen LogP contribution in [0.25, 0.3) is 0 Å². The first-order valence-corrected chi connectivity index (χ1v) is 6.87. The van der Waals surface area contributed by atoms with Crippen molar-refractivity contribution in [3.8, 4) is 0 Å². The molecule has 0 atom stereocenters. The lowest BCUT2D eigenvalue weighted by molar-refractivity contribution is -0.123. The van der Waals surface area contributed by atoms with Crippen LogP contribution in [0.2, 0.25) is 0 Å². The highest BCUT2D eigenvalue weighted by atomic mass is 16.5. The Hall–Kier alpha value is -0.450. The van der Waals surface area contributed by atoms with Crippen molar-refractivity contribution in [2.24, 2.45) is 11.3 Å². The number of hydrogen-bond acceptors (Lipinski definition) is 4. The Balaban J connectivity index is 2.57. The molecule has 0 aromatic rings. The van der Waals surface area contributed by atoms with Crippen LogP contribution in [0.5, 0.6) is 0 Å². The fourth-order valence-corrected chi connectivity index (χ4v) is 2.51. The normalized spacial score (nSPS) is 19.4. The minimum Gasteiger partial charge on any atom is -0.383 e. The predicted octanol–water partition coefficient (Wildman–Crippen LogP) is 1.59. The van der Waals surface area contributed by atoms with Gasteiger partial charge >= 0.3 is 0 Å². The van der Waals surface area contributed by atoms with Crippen molar-refractivity contribution in [2.75, 3.05) is 46.6 Å². The Labute approximate surface area is 111 Å². The zero-order chi connectivity index (χ0) is 13.4. The van der Waals surface area contributed by atoms with Crippen LogP contribution in [-0.4, -0.2) is 57.8 Å². The Morgan fingerprint density at radius 1 is 1.39 bits per heavy atom. The third kappa shape index (κ3) is 5.04. The first-order valence-electron chi connectivity index (χ1n) is 6.87. The molecule has 0 aromatic carbocycles. The molecule has 0 bridgehead atoms. The average molecular weight is 257 g/mol. The number of carbonyl (C=O) groups excluding carboxylic acids is 1. The topological polar surface area (TPSA) is 38.8 Å². The van der Waals surface area contributed by atoms with Crippen molar-refractivity contribution in [2.45, 2.75) is 26.7 Å². The van der Waals surface area contributed by atoms with E-state index >= 15 is 0 Å². The average Bonchev–Trinajstić information content (AvgIpc) is 2.36. The van der Waals surface area contributed by atoms with Gasteiger partial charge in [0.05, 0.1) is 6.61 Å². The fourth-order valence-electron chi connectivity index (χ4n) is 2.51. The quantitative estimate of drug-likeness (QED) is 0.619. The second-order valence-corrected chi connectivity index (χ2v) is 5.71. The van der Waals surface area contributed by atoms with Crippen LogP contribution < -0.4 is 0 Å². The molecule has 1 aliphatic rings. The second-order valence-electron chi connectivity index (χ2n) is 5.71. The smallest absolute Gasteiger partial charge is 0.127 e. The number of hydrogen-bond donors (Lipinski definition) is 0. The molecule has 1 fully saturated rings. The predicted molar refractivity (Wildman–Crippen MR) is 71.7 cm³/mol. The van der Waals surface area contributed by atoms with Crippen LogP contribution in [0.4, 0.5) is 0 Å². The summed E-state index contributed by atoms with van der Waals surface area (Å²) < 4.78 is 10.5. The Morgan fingerprint density at radius 2 is 2.06 bits per heavy atom. The van der Waals surface area contributed by atoms with E-state index in [0.717, 1.165) is 45.4 Å². The fraction of sp³-hybridized carbons (Fsp3) is 0.929. The number of carbonyl (C=O) groups is 1.